The van der Waals surface area contributed by atoms with Crippen LogP contribution in [0.1, 0.15) is 55.4 Å². The van der Waals surface area contributed by atoms with Gasteiger partial charge in [0.1, 0.15) is 5.00 Å². The van der Waals surface area contributed by atoms with Gasteiger partial charge in [-0.15, -0.1) is 11.3 Å². The average Bonchev–Trinajstić information content (AvgIpc) is 2.63. The predicted octanol–water partition coefficient (Wildman–Crippen LogP) is 2.82. The van der Waals surface area contributed by atoms with Gasteiger partial charge >= 0.3 is 0 Å². The Bertz CT molecular complexity index is 514. The van der Waals surface area contributed by atoms with Crippen LogP contribution in [0.4, 0.5) is 5.00 Å². The lowest BCUT2D eigenvalue weighted by molar-refractivity contribution is 0.0997. The molecule has 20 heavy (non-hydrogen) atoms. The number of carbonyl (C=O) groups excluding carboxylic acids is 1. The van der Waals surface area contributed by atoms with Crippen LogP contribution in [0, 0.1) is 0 Å². The zero-order valence-electron chi connectivity index (χ0n) is 13.0. The topological polar surface area (TPSA) is 58.4 Å². The monoisotopic (exact) mass is 295 g/mol. The normalized spacial score (nSPS) is 16.3. The van der Waals surface area contributed by atoms with Gasteiger partial charge in [-0.3, -0.25) is 9.69 Å². The lowest BCUT2D eigenvalue weighted by Crippen LogP contribution is -2.44. The number of hydrogen-bond donors (Lipinski definition) is 2. The van der Waals surface area contributed by atoms with Crippen molar-refractivity contribution in [1.29, 1.82) is 0 Å². The highest BCUT2D eigenvalue weighted by Crippen LogP contribution is 2.38. The van der Waals surface area contributed by atoms with Gasteiger partial charge in [0.25, 0.3) is 5.91 Å². The van der Waals surface area contributed by atoms with Gasteiger partial charge in [-0.05, 0) is 46.6 Å². The van der Waals surface area contributed by atoms with E-state index in [-0.39, 0.29) is 11.4 Å². The molecule has 0 aromatic carbocycles. The molecule has 1 amide bonds. The number of thiophene rings is 1. The summed E-state index contributed by atoms with van der Waals surface area (Å²) < 4.78 is 0. The van der Waals surface area contributed by atoms with Crippen molar-refractivity contribution in [2.45, 2.75) is 59.2 Å². The van der Waals surface area contributed by atoms with Gasteiger partial charge in [-0.25, -0.2) is 0 Å². The minimum atomic E-state index is -0.310. The number of nitrogens with one attached hydrogen (secondary N) is 1. The van der Waals surface area contributed by atoms with Crippen LogP contribution in [-0.2, 0) is 13.0 Å². The fourth-order valence-corrected chi connectivity index (χ4v) is 4.02. The second-order valence-electron chi connectivity index (χ2n) is 6.71. The first-order chi connectivity index (χ1) is 9.20. The molecule has 0 aliphatic carbocycles. The third-order valence-electron chi connectivity index (χ3n) is 3.67. The maximum Gasteiger partial charge on any atom is 0.251 e. The van der Waals surface area contributed by atoms with Crippen LogP contribution >= 0.6 is 11.3 Å². The van der Waals surface area contributed by atoms with Gasteiger partial charge in [0, 0.05) is 29.5 Å². The molecule has 1 aliphatic heterocycles. The van der Waals surface area contributed by atoms with Crippen LogP contribution in [0.25, 0.3) is 0 Å². The van der Waals surface area contributed by atoms with Crippen molar-refractivity contribution in [3.05, 3.63) is 16.0 Å². The summed E-state index contributed by atoms with van der Waals surface area (Å²) in [5, 5.41) is 4.30. The Morgan fingerprint density at radius 2 is 2.05 bits per heavy atom. The highest BCUT2D eigenvalue weighted by Gasteiger charge is 2.31. The number of carbonyl (C=O) groups is 1. The van der Waals surface area contributed by atoms with E-state index in [0.717, 1.165) is 30.1 Å². The molecule has 0 fully saturated rings. The molecule has 1 aliphatic rings. The number of primary amides is 1. The quantitative estimate of drug-likeness (QED) is 0.901. The van der Waals surface area contributed by atoms with Gasteiger partial charge in [-0.2, -0.15) is 0 Å². The summed E-state index contributed by atoms with van der Waals surface area (Å²) in [5.41, 5.74) is 7.62. The second kappa shape index (κ2) is 5.37. The van der Waals surface area contributed by atoms with Gasteiger partial charge in [0.05, 0.1) is 5.56 Å². The fraction of sp³-hybridized carbons (Fsp3) is 0.667. The Balaban J connectivity index is 2.37. The lowest BCUT2D eigenvalue weighted by atomic mass is 9.97. The van der Waals surface area contributed by atoms with Crippen LogP contribution in [0.5, 0.6) is 0 Å². The number of amides is 1. The molecule has 0 radical (unpaired) electrons. The molecule has 0 saturated carbocycles. The predicted molar refractivity (Wildman–Crippen MR) is 85.5 cm³/mol. The summed E-state index contributed by atoms with van der Waals surface area (Å²) in [6.07, 6.45) is 0.904. The molecule has 1 aromatic heterocycles. The number of nitrogens with two attached hydrogens (primary N) is 1. The first kappa shape index (κ1) is 15.3. The van der Waals surface area contributed by atoms with Gasteiger partial charge in [0.2, 0.25) is 0 Å². The molecule has 0 saturated heterocycles. The molecule has 0 unspecified atom stereocenters. The van der Waals surface area contributed by atoms with E-state index in [9.17, 15) is 4.79 Å². The number of hydrogen-bond acceptors (Lipinski definition) is 4. The highest BCUT2D eigenvalue weighted by atomic mass is 32.1. The van der Waals surface area contributed by atoms with Gasteiger partial charge < -0.3 is 11.1 Å². The molecule has 2 rings (SSSR count). The maximum absolute atomic E-state index is 11.8. The highest BCUT2D eigenvalue weighted by molar-refractivity contribution is 7.16. The summed E-state index contributed by atoms with van der Waals surface area (Å²) in [5.74, 6) is -0.310. The van der Waals surface area contributed by atoms with E-state index in [4.69, 9.17) is 5.73 Å². The summed E-state index contributed by atoms with van der Waals surface area (Å²) in [6.45, 7) is 12.7. The van der Waals surface area contributed by atoms with Crippen molar-refractivity contribution in [2.24, 2.45) is 5.73 Å². The molecule has 1 aromatic rings. The Kier molecular flexibility index (Phi) is 4.12. The van der Waals surface area contributed by atoms with Crippen molar-refractivity contribution in [2.75, 3.05) is 11.9 Å². The molecule has 2 heterocycles. The average molecular weight is 295 g/mol. The van der Waals surface area contributed by atoms with Crippen LogP contribution in [-0.4, -0.2) is 28.9 Å². The van der Waals surface area contributed by atoms with E-state index in [0.29, 0.717) is 11.6 Å². The maximum atomic E-state index is 11.8. The third kappa shape index (κ3) is 2.99. The SMILES string of the molecule is CC(C)Nc1sc2c(c1C(N)=O)CCN(C(C)(C)C)C2. The number of anilines is 1. The largest absolute Gasteiger partial charge is 0.374 e. The zero-order chi connectivity index (χ0) is 15.1. The molecule has 0 spiro atoms. The molecular formula is C15H25N3OS. The summed E-state index contributed by atoms with van der Waals surface area (Å²) in [7, 11) is 0. The summed E-state index contributed by atoms with van der Waals surface area (Å²) in [4.78, 5) is 15.5. The smallest absolute Gasteiger partial charge is 0.251 e. The van der Waals surface area contributed by atoms with Crippen molar-refractivity contribution in [3.8, 4) is 0 Å². The van der Waals surface area contributed by atoms with Crippen LogP contribution < -0.4 is 11.1 Å². The number of rotatable bonds is 3. The van der Waals surface area contributed by atoms with Crippen LogP contribution in [0.3, 0.4) is 0 Å². The van der Waals surface area contributed by atoms with Crippen LogP contribution in [0.15, 0.2) is 0 Å². The van der Waals surface area contributed by atoms with E-state index in [1.807, 2.05) is 0 Å². The molecular weight excluding hydrogens is 270 g/mol. The summed E-state index contributed by atoms with van der Waals surface area (Å²) >= 11 is 1.68. The first-order valence-electron chi connectivity index (χ1n) is 7.16. The van der Waals surface area contributed by atoms with E-state index in [2.05, 4.69) is 44.8 Å². The zero-order valence-corrected chi connectivity index (χ0v) is 13.9. The molecule has 112 valence electrons. The molecule has 0 bridgehead atoms. The Morgan fingerprint density at radius 1 is 1.40 bits per heavy atom. The van der Waals surface area contributed by atoms with Gasteiger partial charge in [-0.1, -0.05) is 0 Å². The van der Waals surface area contributed by atoms with E-state index < -0.39 is 0 Å². The third-order valence-corrected chi connectivity index (χ3v) is 4.82. The standard InChI is InChI=1S/C15H25N3OS/c1-9(2)17-14-12(13(16)19)10-6-7-18(15(3,4)5)8-11(10)20-14/h9,17H,6-8H2,1-5H3,(H2,16,19). The van der Waals surface area contributed by atoms with Crippen molar-refractivity contribution < 1.29 is 4.79 Å². The second-order valence-corrected chi connectivity index (χ2v) is 7.82. The van der Waals surface area contributed by atoms with Crippen LogP contribution in [0.2, 0.25) is 0 Å². The molecule has 5 heteroatoms. The molecule has 3 N–H and O–H groups in total. The first-order valence-corrected chi connectivity index (χ1v) is 7.97. The lowest BCUT2D eigenvalue weighted by Gasteiger charge is -2.38. The molecule has 0 atom stereocenters. The fourth-order valence-electron chi connectivity index (χ4n) is 2.60. The Hall–Kier alpha value is -1.07. The minimum absolute atomic E-state index is 0.153. The van der Waals surface area contributed by atoms with E-state index >= 15 is 0 Å². The van der Waals surface area contributed by atoms with E-state index in [1.54, 1.807) is 11.3 Å². The Labute approximate surface area is 125 Å². The van der Waals surface area contributed by atoms with E-state index in [1.165, 1.54) is 4.88 Å². The number of nitrogens with zero attached hydrogens (tertiary/aromatic N) is 1. The minimum Gasteiger partial charge on any atom is -0.374 e. The van der Waals surface area contributed by atoms with Gasteiger partial charge in [0.15, 0.2) is 0 Å². The Morgan fingerprint density at radius 3 is 2.55 bits per heavy atom. The number of fused-ring (bicyclic) bond motifs is 1. The summed E-state index contributed by atoms with van der Waals surface area (Å²) in [6, 6.07) is 0.298. The van der Waals surface area contributed by atoms with Crippen molar-refractivity contribution in [1.82, 2.24) is 4.90 Å². The molecule has 4 nitrogen and oxygen atoms in total. The van der Waals surface area contributed by atoms with Crippen molar-refractivity contribution >= 4 is 22.2 Å². The van der Waals surface area contributed by atoms with Crippen molar-refractivity contribution in [3.63, 3.8) is 0 Å².